The van der Waals surface area contributed by atoms with Gasteiger partial charge in [0.2, 0.25) is 11.2 Å². The summed E-state index contributed by atoms with van der Waals surface area (Å²) < 4.78 is 2.37. The van der Waals surface area contributed by atoms with E-state index in [1.165, 1.54) is 38.9 Å². The molecule has 0 atom stereocenters. The summed E-state index contributed by atoms with van der Waals surface area (Å²) in [7, 11) is 2.20. The van der Waals surface area contributed by atoms with Crippen LogP contribution in [0, 0.1) is 6.92 Å². The van der Waals surface area contributed by atoms with E-state index in [0.29, 0.717) is 11.8 Å². The highest BCUT2D eigenvalue weighted by molar-refractivity contribution is 5.80. The highest BCUT2D eigenvalue weighted by Gasteiger charge is 2.23. The topological polar surface area (TPSA) is 3.88 Å². The summed E-state index contributed by atoms with van der Waals surface area (Å²) >= 11 is 0. The minimum atomic E-state index is 0.484. The SMILES string of the molecule is Cc1ccc(C(C)C)cc1-c1c(C(C)C)cc2ccccc2[n+]1C. The van der Waals surface area contributed by atoms with Crippen molar-refractivity contribution in [3.8, 4) is 11.3 Å². The number of rotatable bonds is 3. The summed E-state index contributed by atoms with van der Waals surface area (Å²) in [4.78, 5) is 0. The van der Waals surface area contributed by atoms with E-state index in [2.05, 4.69) is 94.8 Å². The minimum Gasteiger partial charge on any atom is -0.194 e. The van der Waals surface area contributed by atoms with Crippen molar-refractivity contribution in [2.24, 2.45) is 7.05 Å². The van der Waals surface area contributed by atoms with Crippen LogP contribution in [-0.4, -0.2) is 0 Å². The van der Waals surface area contributed by atoms with Crippen LogP contribution in [0.4, 0.5) is 0 Å². The fraction of sp³-hybridized carbons (Fsp3) is 0.348. The van der Waals surface area contributed by atoms with E-state index in [4.69, 9.17) is 0 Å². The molecular formula is C23H28N+. The van der Waals surface area contributed by atoms with E-state index in [0.717, 1.165) is 0 Å². The third-order valence-electron chi connectivity index (χ3n) is 5.02. The molecule has 0 saturated carbocycles. The van der Waals surface area contributed by atoms with Gasteiger partial charge in [-0.25, -0.2) is 0 Å². The number of fused-ring (bicyclic) bond motifs is 1. The van der Waals surface area contributed by atoms with E-state index in [1.807, 2.05) is 0 Å². The Labute approximate surface area is 146 Å². The van der Waals surface area contributed by atoms with Gasteiger partial charge in [-0.2, -0.15) is 4.57 Å². The zero-order valence-electron chi connectivity index (χ0n) is 15.7. The van der Waals surface area contributed by atoms with Crippen LogP contribution in [0.15, 0.2) is 48.5 Å². The lowest BCUT2D eigenvalue weighted by atomic mass is 9.90. The molecule has 3 rings (SSSR count). The quantitative estimate of drug-likeness (QED) is 0.530. The first-order chi connectivity index (χ1) is 11.4. The van der Waals surface area contributed by atoms with Gasteiger partial charge >= 0.3 is 0 Å². The Morgan fingerprint density at radius 3 is 2.21 bits per heavy atom. The van der Waals surface area contributed by atoms with Crippen molar-refractivity contribution >= 4 is 10.9 Å². The molecule has 0 saturated heterocycles. The Hall–Kier alpha value is -2.15. The third-order valence-corrected chi connectivity index (χ3v) is 5.02. The molecule has 0 unspecified atom stereocenters. The van der Waals surface area contributed by atoms with E-state index in [1.54, 1.807) is 0 Å². The summed E-state index contributed by atoms with van der Waals surface area (Å²) in [6.45, 7) is 11.3. The molecule has 1 aromatic heterocycles. The molecule has 1 nitrogen and oxygen atoms in total. The zero-order chi connectivity index (χ0) is 17.4. The molecule has 0 amide bonds. The molecule has 0 aliphatic heterocycles. The molecule has 0 N–H and O–H groups in total. The first-order valence-electron chi connectivity index (χ1n) is 8.92. The maximum atomic E-state index is 2.38. The number of para-hydroxylation sites is 1. The van der Waals surface area contributed by atoms with Gasteiger partial charge in [-0.3, -0.25) is 0 Å². The van der Waals surface area contributed by atoms with Gasteiger partial charge in [-0.05, 0) is 48.1 Å². The number of hydrogen-bond acceptors (Lipinski definition) is 0. The average Bonchev–Trinajstić information content (AvgIpc) is 2.55. The maximum absolute atomic E-state index is 2.38. The number of nitrogens with zero attached hydrogens (tertiary/aromatic N) is 1. The number of benzene rings is 2. The minimum absolute atomic E-state index is 0.484. The smallest absolute Gasteiger partial charge is 0.194 e. The van der Waals surface area contributed by atoms with Gasteiger partial charge in [0.05, 0.1) is 0 Å². The Kier molecular flexibility index (Phi) is 4.45. The third kappa shape index (κ3) is 2.84. The van der Waals surface area contributed by atoms with Gasteiger partial charge in [-0.15, -0.1) is 0 Å². The first kappa shape index (κ1) is 16.7. The summed E-state index contributed by atoms with van der Waals surface area (Å²) in [6.07, 6.45) is 0. The Balaban J connectivity index is 2.39. The number of aromatic nitrogens is 1. The predicted octanol–water partition coefficient (Wildman–Crippen LogP) is 5.89. The normalized spacial score (nSPS) is 11.7. The van der Waals surface area contributed by atoms with Crippen molar-refractivity contribution in [2.45, 2.75) is 46.5 Å². The highest BCUT2D eigenvalue weighted by Crippen LogP contribution is 2.32. The van der Waals surface area contributed by atoms with Gasteiger partial charge in [0.15, 0.2) is 0 Å². The number of aryl methyl sites for hydroxylation is 2. The molecule has 3 aromatic rings. The van der Waals surface area contributed by atoms with E-state index < -0.39 is 0 Å². The van der Waals surface area contributed by atoms with Crippen molar-refractivity contribution in [3.05, 3.63) is 65.2 Å². The van der Waals surface area contributed by atoms with Gasteiger partial charge in [0.25, 0.3) is 0 Å². The maximum Gasteiger partial charge on any atom is 0.216 e. The second-order valence-corrected chi connectivity index (χ2v) is 7.45. The lowest BCUT2D eigenvalue weighted by Crippen LogP contribution is -2.34. The molecule has 2 aromatic carbocycles. The summed E-state index contributed by atoms with van der Waals surface area (Å²) in [5, 5.41) is 1.31. The van der Waals surface area contributed by atoms with Gasteiger partial charge in [-0.1, -0.05) is 52.0 Å². The molecule has 0 aliphatic rings. The molecule has 0 aliphatic carbocycles. The number of pyridine rings is 1. The van der Waals surface area contributed by atoms with Crippen LogP contribution in [0.2, 0.25) is 0 Å². The van der Waals surface area contributed by atoms with Crippen LogP contribution in [0.5, 0.6) is 0 Å². The lowest BCUT2D eigenvalue weighted by Gasteiger charge is -2.16. The summed E-state index contributed by atoms with van der Waals surface area (Å²) in [5.41, 5.74) is 8.15. The molecule has 1 heteroatoms. The van der Waals surface area contributed by atoms with Crippen LogP contribution >= 0.6 is 0 Å². The molecule has 0 spiro atoms. The van der Waals surface area contributed by atoms with E-state index >= 15 is 0 Å². The second kappa shape index (κ2) is 6.39. The molecule has 0 radical (unpaired) electrons. The number of hydrogen-bond donors (Lipinski definition) is 0. The van der Waals surface area contributed by atoms with Crippen LogP contribution in [0.25, 0.3) is 22.2 Å². The van der Waals surface area contributed by atoms with Gasteiger partial charge in [0.1, 0.15) is 7.05 Å². The largest absolute Gasteiger partial charge is 0.216 e. The van der Waals surface area contributed by atoms with Crippen molar-refractivity contribution in [1.29, 1.82) is 0 Å². The molecule has 24 heavy (non-hydrogen) atoms. The Bertz CT molecular complexity index is 888. The van der Waals surface area contributed by atoms with Gasteiger partial charge < -0.3 is 0 Å². The highest BCUT2D eigenvalue weighted by atomic mass is 14.9. The summed E-state index contributed by atoms with van der Waals surface area (Å²) in [5.74, 6) is 1.02. The van der Waals surface area contributed by atoms with Crippen LogP contribution < -0.4 is 4.57 Å². The molecule has 0 bridgehead atoms. The van der Waals surface area contributed by atoms with Crippen molar-refractivity contribution < 1.29 is 4.57 Å². The molecule has 1 heterocycles. The van der Waals surface area contributed by atoms with Gasteiger partial charge in [0, 0.05) is 22.6 Å². The standard InChI is InChI=1S/C23H28N/c1-15(2)18-12-11-17(5)21(13-18)23-20(16(3)4)14-19-9-7-8-10-22(19)24(23)6/h7-16H,1-6H3/q+1. The molecular weight excluding hydrogens is 290 g/mol. The lowest BCUT2D eigenvalue weighted by molar-refractivity contribution is -0.634. The van der Waals surface area contributed by atoms with Crippen molar-refractivity contribution in [2.75, 3.05) is 0 Å². The first-order valence-corrected chi connectivity index (χ1v) is 8.92. The molecule has 0 fully saturated rings. The summed E-state index contributed by atoms with van der Waals surface area (Å²) in [6, 6.07) is 18.0. The Morgan fingerprint density at radius 1 is 0.833 bits per heavy atom. The van der Waals surface area contributed by atoms with E-state index in [9.17, 15) is 0 Å². The predicted molar refractivity (Wildman–Crippen MR) is 103 cm³/mol. The van der Waals surface area contributed by atoms with Crippen LogP contribution in [-0.2, 0) is 7.05 Å². The van der Waals surface area contributed by atoms with E-state index in [-0.39, 0.29) is 0 Å². The fourth-order valence-electron chi connectivity index (χ4n) is 3.50. The fourth-order valence-corrected chi connectivity index (χ4v) is 3.50. The van der Waals surface area contributed by atoms with Crippen molar-refractivity contribution in [3.63, 3.8) is 0 Å². The average molecular weight is 318 g/mol. The van der Waals surface area contributed by atoms with Crippen LogP contribution in [0.1, 0.15) is 56.2 Å². The zero-order valence-corrected chi connectivity index (χ0v) is 15.7. The van der Waals surface area contributed by atoms with Crippen molar-refractivity contribution in [1.82, 2.24) is 0 Å². The molecule has 124 valence electrons. The monoisotopic (exact) mass is 318 g/mol. The van der Waals surface area contributed by atoms with Crippen LogP contribution in [0.3, 0.4) is 0 Å². The Morgan fingerprint density at radius 2 is 1.54 bits per heavy atom. The second-order valence-electron chi connectivity index (χ2n) is 7.45.